The molecule has 2 rings (SSSR count). The van der Waals surface area contributed by atoms with Gasteiger partial charge in [-0.2, -0.15) is 0 Å². The van der Waals surface area contributed by atoms with E-state index in [-0.39, 0.29) is 11.4 Å². The third-order valence-corrected chi connectivity index (χ3v) is 3.62. The van der Waals surface area contributed by atoms with Crippen molar-refractivity contribution in [2.24, 2.45) is 10.9 Å². The number of nitrogens with two attached hydrogens (primary N) is 1. The van der Waals surface area contributed by atoms with E-state index in [2.05, 4.69) is 26.4 Å². The number of hydrogen-bond acceptors (Lipinski definition) is 3. The molecule has 0 atom stereocenters. The average molecular weight is 352 g/mol. The number of benzene rings is 2. The van der Waals surface area contributed by atoms with E-state index in [0.29, 0.717) is 12.1 Å². The van der Waals surface area contributed by atoms with E-state index in [1.165, 1.54) is 6.07 Å². The standard InChI is InChI=1S/C15H15BrFN3O/c1-9-5-6-11(16)7-13(9)19-8-10-3-2-4-12(14(10)17)15(18)20-21/h2-7,19,21H,8H2,1H3,(H2,18,20). The Hall–Kier alpha value is -2.08. The number of anilines is 1. The first-order valence-electron chi connectivity index (χ1n) is 6.28. The third kappa shape index (κ3) is 3.52. The monoisotopic (exact) mass is 351 g/mol. The van der Waals surface area contributed by atoms with Gasteiger partial charge in [-0.3, -0.25) is 0 Å². The number of aryl methyl sites for hydroxylation is 1. The molecule has 4 N–H and O–H groups in total. The van der Waals surface area contributed by atoms with Crippen molar-refractivity contribution >= 4 is 27.5 Å². The van der Waals surface area contributed by atoms with Crippen molar-refractivity contribution in [1.82, 2.24) is 0 Å². The van der Waals surface area contributed by atoms with Crippen molar-refractivity contribution in [3.63, 3.8) is 0 Å². The second-order valence-electron chi connectivity index (χ2n) is 4.58. The summed E-state index contributed by atoms with van der Waals surface area (Å²) in [6.07, 6.45) is 0. The van der Waals surface area contributed by atoms with Gasteiger partial charge in [-0.05, 0) is 30.7 Å². The molecule has 0 spiro atoms. The molecular formula is C15H15BrFN3O. The lowest BCUT2D eigenvalue weighted by molar-refractivity contribution is 0.318. The second-order valence-corrected chi connectivity index (χ2v) is 5.49. The van der Waals surface area contributed by atoms with Gasteiger partial charge in [-0.15, -0.1) is 0 Å². The summed E-state index contributed by atoms with van der Waals surface area (Å²) in [7, 11) is 0. The first kappa shape index (κ1) is 15.3. The lowest BCUT2D eigenvalue weighted by atomic mass is 10.1. The molecule has 21 heavy (non-hydrogen) atoms. The fourth-order valence-corrected chi connectivity index (χ4v) is 2.30. The number of oxime groups is 1. The van der Waals surface area contributed by atoms with Crippen LogP contribution in [-0.2, 0) is 6.54 Å². The molecule has 0 saturated carbocycles. The van der Waals surface area contributed by atoms with Crippen LogP contribution in [0.5, 0.6) is 0 Å². The molecule has 0 aromatic heterocycles. The predicted octanol–water partition coefficient (Wildman–Crippen LogP) is 3.60. The van der Waals surface area contributed by atoms with Crippen LogP contribution in [0.1, 0.15) is 16.7 Å². The molecule has 2 aromatic carbocycles. The van der Waals surface area contributed by atoms with E-state index in [4.69, 9.17) is 10.9 Å². The first-order valence-corrected chi connectivity index (χ1v) is 7.07. The summed E-state index contributed by atoms with van der Waals surface area (Å²) in [5, 5.41) is 14.7. The Morgan fingerprint density at radius 2 is 2.14 bits per heavy atom. The largest absolute Gasteiger partial charge is 0.409 e. The summed E-state index contributed by atoms with van der Waals surface area (Å²) in [5.74, 6) is -0.735. The first-order chi connectivity index (χ1) is 10.0. The number of halogens is 2. The number of amidine groups is 1. The van der Waals surface area contributed by atoms with Crippen LogP contribution in [0.3, 0.4) is 0 Å². The van der Waals surface area contributed by atoms with E-state index in [0.717, 1.165) is 15.7 Å². The summed E-state index contributed by atoms with van der Waals surface area (Å²) in [5.41, 5.74) is 7.95. The van der Waals surface area contributed by atoms with Gasteiger partial charge in [0.1, 0.15) is 5.82 Å². The van der Waals surface area contributed by atoms with Crippen LogP contribution in [0, 0.1) is 12.7 Å². The van der Waals surface area contributed by atoms with Gasteiger partial charge in [0.05, 0.1) is 5.56 Å². The van der Waals surface area contributed by atoms with Crippen LogP contribution >= 0.6 is 15.9 Å². The predicted molar refractivity (Wildman–Crippen MR) is 85.1 cm³/mol. The van der Waals surface area contributed by atoms with Gasteiger partial charge in [-0.25, -0.2) is 4.39 Å². The van der Waals surface area contributed by atoms with Crippen LogP contribution in [-0.4, -0.2) is 11.0 Å². The summed E-state index contributed by atoms with van der Waals surface area (Å²) in [4.78, 5) is 0. The smallest absolute Gasteiger partial charge is 0.173 e. The number of nitrogens with one attached hydrogen (secondary N) is 1. The van der Waals surface area contributed by atoms with Gasteiger partial charge in [0.2, 0.25) is 0 Å². The highest BCUT2D eigenvalue weighted by molar-refractivity contribution is 9.10. The molecule has 0 fully saturated rings. The van der Waals surface area contributed by atoms with Crippen molar-refractivity contribution in [2.75, 3.05) is 5.32 Å². The number of nitrogens with zero attached hydrogens (tertiary/aromatic N) is 1. The van der Waals surface area contributed by atoms with E-state index in [9.17, 15) is 4.39 Å². The molecule has 2 aromatic rings. The molecule has 0 aliphatic rings. The lowest BCUT2D eigenvalue weighted by Crippen LogP contribution is -2.16. The zero-order valence-electron chi connectivity index (χ0n) is 11.4. The highest BCUT2D eigenvalue weighted by atomic mass is 79.9. The molecule has 0 amide bonds. The molecule has 0 saturated heterocycles. The van der Waals surface area contributed by atoms with Crippen molar-refractivity contribution in [1.29, 1.82) is 0 Å². The number of hydrogen-bond donors (Lipinski definition) is 3. The topological polar surface area (TPSA) is 70.6 Å². The summed E-state index contributed by atoms with van der Waals surface area (Å²) >= 11 is 3.40. The molecule has 0 bridgehead atoms. The highest BCUT2D eigenvalue weighted by Gasteiger charge is 2.11. The highest BCUT2D eigenvalue weighted by Crippen LogP contribution is 2.22. The van der Waals surface area contributed by atoms with E-state index < -0.39 is 5.82 Å². The zero-order valence-corrected chi connectivity index (χ0v) is 13.0. The van der Waals surface area contributed by atoms with Gasteiger partial charge >= 0.3 is 0 Å². The van der Waals surface area contributed by atoms with E-state index >= 15 is 0 Å². The lowest BCUT2D eigenvalue weighted by Gasteiger charge is -2.12. The van der Waals surface area contributed by atoms with E-state index in [1.54, 1.807) is 12.1 Å². The second kappa shape index (κ2) is 6.58. The molecular weight excluding hydrogens is 337 g/mol. The fourth-order valence-electron chi connectivity index (χ4n) is 1.94. The van der Waals surface area contributed by atoms with Gasteiger partial charge < -0.3 is 16.3 Å². The fraction of sp³-hybridized carbons (Fsp3) is 0.133. The minimum absolute atomic E-state index is 0.0859. The van der Waals surface area contributed by atoms with Crippen molar-refractivity contribution in [3.8, 4) is 0 Å². The van der Waals surface area contributed by atoms with Crippen LogP contribution in [0.15, 0.2) is 46.0 Å². The Bertz CT molecular complexity index is 689. The summed E-state index contributed by atoms with van der Waals surface area (Å²) in [6.45, 7) is 2.27. The molecule has 4 nitrogen and oxygen atoms in total. The zero-order chi connectivity index (χ0) is 15.4. The summed E-state index contributed by atoms with van der Waals surface area (Å²) in [6, 6.07) is 10.6. The quantitative estimate of drug-likeness (QED) is 0.341. The van der Waals surface area contributed by atoms with Gasteiger partial charge in [-0.1, -0.05) is 39.3 Å². The Labute approximate surface area is 130 Å². The summed E-state index contributed by atoms with van der Waals surface area (Å²) < 4.78 is 15.2. The average Bonchev–Trinajstić information content (AvgIpc) is 2.48. The van der Waals surface area contributed by atoms with Crippen molar-refractivity contribution in [2.45, 2.75) is 13.5 Å². The van der Waals surface area contributed by atoms with Crippen LogP contribution < -0.4 is 11.1 Å². The van der Waals surface area contributed by atoms with E-state index in [1.807, 2.05) is 25.1 Å². The Kier molecular flexibility index (Phi) is 4.80. The minimum Gasteiger partial charge on any atom is -0.409 e. The van der Waals surface area contributed by atoms with Gasteiger partial charge in [0.25, 0.3) is 0 Å². The van der Waals surface area contributed by atoms with Crippen molar-refractivity contribution < 1.29 is 9.60 Å². The number of rotatable bonds is 4. The maximum absolute atomic E-state index is 14.3. The van der Waals surface area contributed by atoms with Gasteiger partial charge in [0, 0.05) is 22.3 Å². The molecule has 0 heterocycles. The maximum atomic E-state index is 14.3. The SMILES string of the molecule is Cc1ccc(Br)cc1NCc1cccc(/C(N)=N/O)c1F. The molecule has 0 radical (unpaired) electrons. The van der Waals surface area contributed by atoms with Gasteiger partial charge in [0.15, 0.2) is 5.84 Å². The maximum Gasteiger partial charge on any atom is 0.173 e. The normalized spacial score (nSPS) is 11.5. The van der Waals surface area contributed by atoms with Crippen LogP contribution in [0.4, 0.5) is 10.1 Å². The molecule has 6 heteroatoms. The Morgan fingerprint density at radius 1 is 1.38 bits per heavy atom. The van der Waals surface area contributed by atoms with Crippen LogP contribution in [0.25, 0.3) is 0 Å². The van der Waals surface area contributed by atoms with Crippen molar-refractivity contribution in [3.05, 3.63) is 63.4 Å². The third-order valence-electron chi connectivity index (χ3n) is 3.13. The molecule has 0 unspecified atom stereocenters. The van der Waals surface area contributed by atoms with Crippen LogP contribution in [0.2, 0.25) is 0 Å². The Morgan fingerprint density at radius 3 is 2.86 bits per heavy atom. The molecule has 0 aliphatic heterocycles. The minimum atomic E-state index is -0.493. The molecule has 0 aliphatic carbocycles. The molecule has 110 valence electrons. The Balaban J connectivity index is 2.23.